The van der Waals surface area contributed by atoms with Crippen LogP contribution in [0.3, 0.4) is 0 Å². The zero-order chi connectivity index (χ0) is 15.6. The number of aromatic nitrogens is 1. The van der Waals surface area contributed by atoms with E-state index < -0.39 is 0 Å². The number of fused-ring (bicyclic) bond motifs is 1. The number of piperidine rings is 1. The Kier molecular flexibility index (Phi) is 4.14. The summed E-state index contributed by atoms with van der Waals surface area (Å²) in [5.41, 5.74) is 1.05. The number of hydrogen-bond acceptors (Lipinski definition) is 4. The number of thiophene rings is 1. The van der Waals surface area contributed by atoms with Gasteiger partial charge in [-0.1, -0.05) is 18.2 Å². The molecule has 0 aliphatic carbocycles. The number of rotatable bonds is 3. The normalized spacial score (nSPS) is 18.4. The van der Waals surface area contributed by atoms with Crippen LogP contribution in [0.5, 0.6) is 0 Å². The molecule has 0 N–H and O–H groups in total. The van der Waals surface area contributed by atoms with Crippen LogP contribution in [0.2, 0.25) is 0 Å². The maximum absolute atomic E-state index is 12.8. The summed E-state index contributed by atoms with van der Waals surface area (Å²) < 4.78 is 1.21. The van der Waals surface area contributed by atoms with Gasteiger partial charge in [-0.05, 0) is 42.8 Å². The first kappa shape index (κ1) is 14.8. The zero-order valence-corrected chi connectivity index (χ0v) is 14.4. The van der Waals surface area contributed by atoms with E-state index in [4.69, 9.17) is 4.98 Å². The fourth-order valence-corrected chi connectivity index (χ4v) is 4.99. The molecule has 0 spiro atoms. The van der Waals surface area contributed by atoms with Gasteiger partial charge in [-0.25, -0.2) is 4.98 Å². The smallest absolute Gasteiger partial charge is 0.228 e. The monoisotopic (exact) mass is 342 g/mol. The molecule has 1 atom stereocenters. The van der Waals surface area contributed by atoms with Crippen LogP contribution in [0.4, 0.5) is 0 Å². The van der Waals surface area contributed by atoms with E-state index in [9.17, 15) is 4.79 Å². The Balaban J connectivity index is 1.60. The van der Waals surface area contributed by atoms with Gasteiger partial charge in [0.15, 0.2) is 0 Å². The topological polar surface area (TPSA) is 33.2 Å². The molecular weight excluding hydrogens is 324 g/mol. The van der Waals surface area contributed by atoms with E-state index in [0.29, 0.717) is 6.42 Å². The van der Waals surface area contributed by atoms with Gasteiger partial charge in [0.1, 0.15) is 5.01 Å². The lowest BCUT2D eigenvalue weighted by Gasteiger charge is -2.34. The first-order valence-corrected chi connectivity index (χ1v) is 9.68. The van der Waals surface area contributed by atoms with Gasteiger partial charge in [-0.15, -0.1) is 22.7 Å². The predicted octanol–water partition coefficient (Wildman–Crippen LogP) is 4.65. The summed E-state index contributed by atoms with van der Waals surface area (Å²) in [4.78, 5) is 20.8. The van der Waals surface area contributed by atoms with E-state index in [2.05, 4.69) is 17.0 Å². The molecule has 1 fully saturated rings. The molecule has 0 saturated carbocycles. The van der Waals surface area contributed by atoms with E-state index in [0.717, 1.165) is 34.8 Å². The Hall–Kier alpha value is -1.72. The molecule has 23 heavy (non-hydrogen) atoms. The maximum atomic E-state index is 12.8. The second-order valence-corrected chi connectivity index (χ2v) is 7.97. The van der Waals surface area contributed by atoms with Gasteiger partial charge < -0.3 is 4.90 Å². The average Bonchev–Trinajstić information content (AvgIpc) is 3.23. The molecule has 1 unspecified atom stereocenters. The lowest BCUT2D eigenvalue weighted by Crippen LogP contribution is -2.39. The van der Waals surface area contributed by atoms with E-state index in [1.165, 1.54) is 11.1 Å². The number of benzene rings is 1. The van der Waals surface area contributed by atoms with E-state index in [1.54, 1.807) is 22.7 Å². The van der Waals surface area contributed by atoms with Crippen molar-refractivity contribution in [1.82, 2.24) is 9.88 Å². The number of thiazole rings is 1. The van der Waals surface area contributed by atoms with Crippen molar-refractivity contribution in [3.8, 4) is 0 Å². The van der Waals surface area contributed by atoms with Crippen LogP contribution in [-0.4, -0.2) is 22.3 Å². The quantitative estimate of drug-likeness (QED) is 0.694. The Morgan fingerprint density at radius 1 is 1.22 bits per heavy atom. The first-order valence-electron chi connectivity index (χ1n) is 7.98. The minimum Gasteiger partial charge on any atom is -0.333 e. The molecule has 3 aromatic rings. The highest BCUT2D eigenvalue weighted by molar-refractivity contribution is 7.18. The van der Waals surface area contributed by atoms with E-state index in [1.807, 2.05) is 29.6 Å². The van der Waals surface area contributed by atoms with Crippen molar-refractivity contribution in [3.05, 3.63) is 51.7 Å². The molecule has 118 valence electrons. The van der Waals surface area contributed by atoms with Gasteiger partial charge in [0.25, 0.3) is 0 Å². The fourth-order valence-electron chi connectivity index (χ4n) is 3.18. The molecule has 3 nitrogen and oxygen atoms in total. The van der Waals surface area contributed by atoms with Crippen LogP contribution < -0.4 is 0 Å². The summed E-state index contributed by atoms with van der Waals surface area (Å²) in [6.45, 7) is 0.852. The minimum atomic E-state index is 0.147. The Morgan fingerprint density at radius 3 is 2.96 bits per heavy atom. The van der Waals surface area contributed by atoms with Crippen LogP contribution in [0.15, 0.2) is 41.8 Å². The molecule has 1 aromatic carbocycles. The van der Waals surface area contributed by atoms with Crippen LogP contribution in [0.1, 0.15) is 35.2 Å². The third-order valence-electron chi connectivity index (χ3n) is 4.32. The molecule has 1 aliphatic heterocycles. The Labute approximate surface area is 143 Å². The minimum absolute atomic E-state index is 0.147. The van der Waals surface area contributed by atoms with Gasteiger partial charge in [0.05, 0.1) is 22.7 Å². The second-order valence-electron chi connectivity index (χ2n) is 5.87. The maximum Gasteiger partial charge on any atom is 0.228 e. The van der Waals surface area contributed by atoms with Crippen molar-refractivity contribution in [2.45, 2.75) is 31.7 Å². The van der Waals surface area contributed by atoms with Crippen LogP contribution in [0.25, 0.3) is 10.2 Å². The van der Waals surface area contributed by atoms with Crippen molar-refractivity contribution in [2.75, 3.05) is 6.54 Å². The summed E-state index contributed by atoms with van der Waals surface area (Å²) in [5.74, 6) is 0.233. The number of carbonyl (C=O) groups is 1. The number of para-hydroxylation sites is 1. The van der Waals surface area contributed by atoms with Crippen molar-refractivity contribution in [1.29, 1.82) is 0 Å². The molecule has 3 heterocycles. The molecular formula is C18H18N2OS2. The fraction of sp³-hybridized carbons (Fsp3) is 0.333. The Morgan fingerprint density at radius 2 is 2.13 bits per heavy atom. The summed E-state index contributed by atoms with van der Waals surface area (Å²) in [7, 11) is 0. The summed E-state index contributed by atoms with van der Waals surface area (Å²) >= 11 is 3.39. The van der Waals surface area contributed by atoms with E-state index >= 15 is 0 Å². The van der Waals surface area contributed by atoms with Crippen molar-refractivity contribution >= 4 is 38.8 Å². The number of nitrogens with zero attached hydrogens (tertiary/aromatic N) is 2. The summed E-state index contributed by atoms with van der Waals surface area (Å²) in [6, 6.07) is 12.4. The van der Waals surface area contributed by atoms with Crippen LogP contribution in [0, 0.1) is 0 Å². The lowest BCUT2D eigenvalue weighted by molar-refractivity contribution is -0.134. The molecule has 0 radical (unpaired) electrons. The average molecular weight is 342 g/mol. The lowest BCUT2D eigenvalue weighted by atomic mass is 10.0. The summed E-state index contributed by atoms with van der Waals surface area (Å²) in [5, 5.41) is 3.12. The van der Waals surface area contributed by atoms with Crippen molar-refractivity contribution in [3.63, 3.8) is 0 Å². The zero-order valence-electron chi connectivity index (χ0n) is 12.8. The number of hydrogen-bond donors (Lipinski definition) is 0. The molecule has 1 amide bonds. The molecule has 1 aliphatic rings. The van der Waals surface area contributed by atoms with Crippen molar-refractivity contribution < 1.29 is 4.79 Å². The molecule has 0 bridgehead atoms. The van der Waals surface area contributed by atoms with Crippen molar-refractivity contribution in [2.24, 2.45) is 0 Å². The van der Waals surface area contributed by atoms with Crippen LogP contribution in [-0.2, 0) is 11.2 Å². The van der Waals surface area contributed by atoms with Gasteiger partial charge in [0.2, 0.25) is 5.91 Å². The standard InChI is InChI=1S/C18H18N2OS2/c21-17(12-13-6-5-11-22-13)20-10-4-3-8-15(20)18-19-14-7-1-2-9-16(14)23-18/h1-2,5-7,9,11,15H,3-4,8,10,12H2. The number of carbonyl (C=O) groups excluding carboxylic acids is 1. The predicted molar refractivity (Wildman–Crippen MR) is 95.9 cm³/mol. The second kappa shape index (κ2) is 6.42. The molecule has 2 aromatic heterocycles. The summed E-state index contributed by atoms with van der Waals surface area (Å²) in [6.07, 6.45) is 3.80. The van der Waals surface area contributed by atoms with Gasteiger partial charge in [-0.2, -0.15) is 0 Å². The van der Waals surface area contributed by atoms with Gasteiger partial charge in [-0.3, -0.25) is 4.79 Å². The highest BCUT2D eigenvalue weighted by Crippen LogP contribution is 2.36. The van der Waals surface area contributed by atoms with Gasteiger partial charge >= 0.3 is 0 Å². The SMILES string of the molecule is O=C(Cc1cccs1)N1CCCCC1c1nc2ccccc2s1. The number of likely N-dealkylation sites (tertiary alicyclic amines) is 1. The highest BCUT2D eigenvalue weighted by Gasteiger charge is 2.30. The Bertz CT molecular complexity index is 776. The molecule has 1 saturated heterocycles. The van der Waals surface area contributed by atoms with Crippen LogP contribution >= 0.6 is 22.7 Å². The first-order chi connectivity index (χ1) is 11.3. The molecule has 4 rings (SSSR count). The largest absolute Gasteiger partial charge is 0.333 e. The third kappa shape index (κ3) is 3.03. The highest BCUT2D eigenvalue weighted by atomic mass is 32.1. The third-order valence-corrected chi connectivity index (χ3v) is 6.34. The number of amides is 1. The molecule has 5 heteroatoms. The van der Waals surface area contributed by atoms with E-state index in [-0.39, 0.29) is 11.9 Å². The van der Waals surface area contributed by atoms with Gasteiger partial charge in [0, 0.05) is 11.4 Å².